The van der Waals surface area contributed by atoms with Gasteiger partial charge in [-0.05, 0) is 89.9 Å². The smallest absolute Gasteiger partial charge is 0.306 e. The zero-order chi connectivity index (χ0) is 40.1. The molecular formula is C49H82O6. The van der Waals surface area contributed by atoms with Gasteiger partial charge in [0.15, 0.2) is 6.10 Å². The van der Waals surface area contributed by atoms with Crippen molar-refractivity contribution in [2.75, 3.05) is 13.2 Å². The molecule has 314 valence electrons. The molecule has 0 radical (unpaired) electrons. The van der Waals surface area contributed by atoms with Crippen LogP contribution in [0.2, 0.25) is 0 Å². The maximum Gasteiger partial charge on any atom is 0.306 e. The summed E-state index contributed by atoms with van der Waals surface area (Å²) < 4.78 is 16.6. The zero-order valence-corrected chi connectivity index (χ0v) is 35.7. The zero-order valence-electron chi connectivity index (χ0n) is 35.7. The van der Waals surface area contributed by atoms with Crippen molar-refractivity contribution in [3.63, 3.8) is 0 Å². The monoisotopic (exact) mass is 767 g/mol. The molecule has 0 saturated heterocycles. The van der Waals surface area contributed by atoms with Gasteiger partial charge in [0, 0.05) is 19.3 Å². The van der Waals surface area contributed by atoms with Gasteiger partial charge in [0.25, 0.3) is 0 Å². The summed E-state index contributed by atoms with van der Waals surface area (Å²) in [6, 6.07) is 0. The Morgan fingerprint density at radius 1 is 0.400 bits per heavy atom. The fourth-order valence-corrected chi connectivity index (χ4v) is 5.88. The van der Waals surface area contributed by atoms with E-state index in [0.29, 0.717) is 19.3 Å². The molecule has 6 nitrogen and oxygen atoms in total. The third kappa shape index (κ3) is 41.8. The number of hydrogen-bond acceptors (Lipinski definition) is 6. The van der Waals surface area contributed by atoms with Gasteiger partial charge in [0.05, 0.1) is 0 Å². The summed E-state index contributed by atoms with van der Waals surface area (Å²) in [4.78, 5) is 37.7. The molecule has 0 aromatic rings. The van der Waals surface area contributed by atoms with Gasteiger partial charge in [-0.3, -0.25) is 14.4 Å². The Morgan fingerprint density at radius 2 is 0.800 bits per heavy atom. The van der Waals surface area contributed by atoms with Crippen molar-refractivity contribution in [3.05, 3.63) is 72.9 Å². The summed E-state index contributed by atoms with van der Waals surface area (Å²) in [6.07, 6.45) is 53.2. The normalized spacial score (nSPS) is 12.7. The molecule has 0 aliphatic carbocycles. The van der Waals surface area contributed by atoms with Gasteiger partial charge in [0.2, 0.25) is 0 Å². The maximum atomic E-state index is 12.7. The number of rotatable bonds is 39. The van der Waals surface area contributed by atoms with Crippen molar-refractivity contribution >= 4 is 17.9 Å². The van der Waals surface area contributed by atoms with E-state index in [4.69, 9.17) is 14.2 Å². The van der Waals surface area contributed by atoms with Gasteiger partial charge in [-0.2, -0.15) is 0 Å². The molecule has 0 rings (SSSR count). The molecule has 55 heavy (non-hydrogen) atoms. The molecule has 0 bridgehead atoms. The summed E-state index contributed by atoms with van der Waals surface area (Å²) in [5.74, 6) is -0.968. The van der Waals surface area contributed by atoms with Crippen LogP contribution in [-0.4, -0.2) is 37.2 Å². The van der Waals surface area contributed by atoms with E-state index in [1.165, 1.54) is 64.2 Å². The number of unbranched alkanes of at least 4 members (excludes halogenated alkanes) is 18. The molecule has 0 heterocycles. The van der Waals surface area contributed by atoms with Gasteiger partial charge in [-0.1, -0.05) is 164 Å². The molecule has 6 heteroatoms. The van der Waals surface area contributed by atoms with E-state index in [1.54, 1.807) is 0 Å². The highest BCUT2D eigenvalue weighted by Crippen LogP contribution is 2.13. The van der Waals surface area contributed by atoms with E-state index >= 15 is 0 Å². The molecule has 1 unspecified atom stereocenters. The molecule has 0 amide bonds. The highest BCUT2D eigenvalue weighted by Gasteiger charge is 2.19. The van der Waals surface area contributed by atoms with Crippen molar-refractivity contribution < 1.29 is 28.6 Å². The van der Waals surface area contributed by atoms with Gasteiger partial charge in [-0.15, -0.1) is 0 Å². The SMILES string of the molecule is CC\C=C/C=C\C=C/CCCCCCCC(=O)OC(COC(=O)CCCC/C=C\C/C=C\CC)COC(=O)CCCCCCCCC/C=C\CCCCCC. The summed E-state index contributed by atoms with van der Waals surface area (Å²) in [5.41, 5.74) is 0. The van der Waals surface area contributed by atoms with E-state index in [2.05, 4.69) is 87.6 Å². The number of allylic oxidation sites excluding steroid dienone is 12. The number of ether oxygens (including phenoxy) is 3. The van der Waals surface area contributed by atoms with Gasteiger partial charge in [0.1, 0.15) is 13.2 Å². The lowest BCUT2D eigenvalue weighted by Gasteiger charge is -2.18. The van der Waals surface area contributed by atoms with Crippen molar-refractivity contribution in [2.24, 2.45) is 0 Å². The Bertz CT molecular complexity index is 1070. The number of esters is 3. The third-order valence-corrected chi connectivity index (χ3v) is 9.24. The van der Waals surface area contributed by atoms with Crippen molar-refractivity contribution in [2.45, 2.75) is 207 Å². The summed E-state index contributed by atoms with van der Waals surface area (Å²) in [6.45, 7) is 6.29. The van der Waals surface area contributed by atoms with Crippen LogP contribution >= 0.6 is 0 Å². The Kier molecular flexibility index (Phi) is 41.1. The van der Waals surface area contributed by atoms with E-state index in [-0.39, 0.29) is 31.1 Å². The van der Waals surface area contributed by atoms with Crippen LogP contribution in [0.4, 0.5) is 0 Å². The van der Waals surface area contributed by atoms with Gasteiger partial charge in [-0.25, -0.2) is 0 Å². The Labute approximate surface area is 338 Å². The lowest BCUT2D eigenvalue weighted by molar-refractivity contribution is -0.167. The first-order chi connectivity index (χ1) is 27.0. The predicted molar refractivity (Wildman–Crippen MR) is 233 cm³/mol. The molecule has 0 aliphatic heterocycles. The first-order valence-corrected chi connectivity index (χ1v) is 22.5. The molecule has 0 aromatic heterocycles. The van der Waals surface area contributed by atoms with Crippen LogP contribution in [0.1, 0.15) is 201 Å². The van der Waals surface area contributed by atoms with Crippen LogP contribution in [0.25, 0.3) is 0 Å². The topological polar surface area (TPSA) is 78.9 Å². The van der Waals surface area contributed by atoms with Crippen molar-refractivity contribution in [3.8, 4) is 0 Å². The standard InChI is InChI=1S/C49H82O6/c1-4-7-10-13-16-19-21-23-24-26-27-30-33-36-39-42-48(51)54-45-46(44-53-47(50)41-38-35-32-29-18-15-12-9-6-3)55-49(52)43-40-37-34-31-28-25-22-20-17-14-11-8-5-2/h8-9,11-12,14,17-22,29,46H,4-7,10,13,15-16,23-28,30-45H2,1-3H3/b11-8-,12-9-,17-14-,21-19-,22-20-,29-18-. The first kappa shape index (κ1) is 51.9. The lowest BCUT2D eigenvalue weighted by atomic mass is 10.1. The van der Waals surface area contributed by atoms with Crippen LogP contribution in [0, 0.1) is 0 Å². The van der Waals surface area contributed by atoms with Crippen LogP contribution in [0.3, 0.4) is 0 Å². The van der Waals surface area contributed by atoms with Crippen molar-refractivity contribution in [1.29, 1.82) is 0 Å². The Morgan fingerprint density at radius 3 is 1.35 bits per heavy atom. The molecule has 1 atom stereocenters. The van der Waals surface area contributed by atoms with E-state index in [1.807, 2.05) is 6.08 Å². The van der Waals surface area contributed by atoms with Crippen molar-refractivity contribution in [1.82, 2.24) is 0 Å². The fraction of sp³-hybridized carbons (Fsp3) is 0.694. The minimum absolute atomic E-state index is 0.0973. The van der Waals surface area contributed by atoms with E-state index in [9.17, 15) is 14.4 Å². The molecular weight excluding hydrogens is 685 g/mol. The number of hydrogen-bond donors (Lipinski definition) is 0. The van der Waals surface area contributed by atoms with Gasteiger partial charge >= 0.3 is 17.9 Å². The molecule has 0 aliphatic rings. The molecule has 0 saturated carbocycles. The van der Waals surface area contributed by atoms with Crippen LogP contribution in [0.5, 0.6) is 0 Å². The molecule has 0 N–H and O–H groups in total. The maximum absolute atomic E-state index is 12.7. The van der Waals surface area contributed by atoms with Crippen LogP contribution < -0.4 is 0 Å². The largest absolute Gasteiger partial charge is 0.462 e. The highest BCUT2D eigenvalue weighted by molar-refractivity contribution is 5.71. The fourth-order valence-electron chi connectivity index (χ4n) is 5.88. The minimum Gasteiger partial charge on any atom is -0.462 e. The molecule has 0 aromatic carbocycles. The van der Waals surface area contributed by atoms with E-state index < -0.39 is 6.10 Å². The molecule has 0 spiro atoms. The Balaban J connectivity index is 4.42. The second kappa shape index (κ2) is 43.6. The predicted octanol–water partition coefficient (Wildman–Crippen LogP) is 14.3. The van der Waals surface area contributed by atoms with Gasteiger partial charge < -0.3 is 14.2 Å². The van der Waals surface area contributed by atoms with E-state index in [0.717, 1.165) is 96.3 Å². The second-order valence-corrected chi connectivity index (χ2v) is 14.6. The summed E-state index contributed by atoms with van der Waals surface area (Å²) in [7, 11) is 0. The third-order valence-electron chi connectivity index (χ3n) is 9.24. The average Bonchev–Trinajstić information content (AvgIpc) is 3.18. The lowest BCUT2D eigenvalue weighted by Crippen LogP contribution is -2.30. The quantitative estimate of drug-likeness (QED) is 0.0204. The van der Waals surface area contributed by atoms with Crippen LogP contribution in [-0.2, 0) is 28.6 Å². The number of carbonyl (C=O) groups is 3. The summed E-state index contributed by atoms with van der Waals surface area (Å²) in [5, 5.41) is 0. The van der Waals surface area contributed by atoms with Crippen LogP contribution in [0.15, 0.2) is 72.9 Å². The Hall–Kier alpha value is -3.15. The highest BCUT2D eigenvalue weighted by atomic mass is 16.6. The minimum atomic E-state index is -0.797. The average molecular weight is 767 g/mol. The number of carbonyl (C=O) groups excluding carboxylic acids is 3. The molecule has 0 fully saturated rings. The summed E-state index contributed by atoms with van der Waals surface area (Å²) >= 11 is 0. The second-order valence-electron chi connectivity index (χ2n) is 14.6. The first-order valence-electron chi connectivity index (χ1n) is 22.5.